The first-order valence-electron chi connectivity index (χ1n) is 6.99. The van der Waals surface area contributed by atoms with E-state index in [4.69, 9.17) is 5.11 Å². The summed E-state index contributed by atoms with van der Waals surface area (Å²) in [6.45, 7) is 1.98. The zero-order chi connectivity index (χ0) is 15.7. The summed E-state index contributed by atoms with van der Waals surface area (Å²) in [5.41, 5.74) is 3.30. The first kappa shape index (κ1) is 14.1. The average molecular weight is 293 g/mol. The van der Waals surface area contributed by atoms with Crippen LogP contribution < -0.4 is 5.56 Å². The van der Waals surface area contributed by atoms with Crippen LogP contribution in [0.5, 0.6) is 0 Å². The Labute approximate surface area is 127 Å². The number of H-pyrrole nitrogens is 1. The van der Waals surface area contributed by atoms with E-state index in [2.05, 4.69) is 4.98 Å². The van der Waals surface area contributed by atoms with Crippen molar-refractivity contribution in [2.24, 2.45) is 0 Å². The second-order valence-electron chi connectivity index (χ2n) is 5.29. The molecule has 2 N–H and O–H groups in total. The SMILES string of the molecule is Cc1ccc(-c2c(CC(=O)O)c(=O)[nH]c3ccccc23)cc1. The molecule has 1 heterocycles. The molecule has 2 aromatic carbocycles. The van der Waals surface area contributed by atoms with Crippen molar-refractivity contribution in [2.45, 2.75) is 13.3 Å². The first-order chi connectivity index (χ1) is 10.6. The van der Waals surface area contributed by atoms with Crippen LogP contribution in [0.3, 0.4) is 0 Å². The number of carbonyl (C=O) groups is 1. The monoisotopic (exact) mass is 293 g/mol. The van der Waals surface area contributed by atoms with Crippen LogP contribution in [-0.4, -0.2) is 16.1 Å². The second-order valence-corrected chi connectivity index (χ2v) is 5.29. The molecule has 0 bridgehead atoms. The number of fused-ring (bicyclic) bond motifs is 1. The third-order valence-corrected chi connectivity index (χ3v) is 3.69. The van der Waals surface area contributed by atoms with Gasteiger partial charge in [0, 0.05) is 22.0 Å². The molecule has 0 saturated heterocycles. The molecule has 3 aromatic rings. The molecule has 0 amide bonds. The Hall–Kier alpha value is -2.88. The van der Waals surface area contributed by atoms with E-state index in [9.17, 15) is 9.59 Å². The lowest BCUT2D eigenvalue weighted by atomic mass is 9.94. The minimum absolute atomic E-state index is 0.287. The highest BCUT2D eigenvalue weighted by Crippen LogP contribution is 2.29. The maximum absolute atomic E-state index is 12.3. The van der Waals surface area contributed by atoms with Crippen molar-refractivity contribution in [3.05, 3.63) is 70.0 Å². The minimum atomic E-state index is -1.02. The molecule has 4 nitrogen and oxygen atoms in total. The van der Waals surface area contributed by atoms with E-state index in [1.54, 1.807) is 0 Å². The van der Waals surface area contributed by atoms with Gasteiger partial charge >= 0.3 is 5.97 Å². The number of aryl methyl sites for hydroxylation is 1. The lowest BCUT2D eigenvalue weighted by Gasteiger charge is -2.12. The van der Waals surface area contributed by atoms with Crippen molar-refractivity contribution in [3.8, 4) is 11.1 Å². The molecule has 3 rings (SSSR count). The Morgan fingerprint density at radius 2 is 1.77 bits per heavy atom. The summed E-state index contributed by atoms with van der Waals surface area (Å²) < 4.78 is 0. The molecule has 0 unspecified atom stereocenters. The summed E-state index contributed by atoms with van der Waals surface area (Å²) in [6.07, 6.45) is -0.302. The van der Waals surface area contributed by atoms with E-state index in [1.807, 2.05) is 55.5 Å². The van der Waals surface area contributed by atoms with Crippen molar-refractivity contribution < 1.29 is 9.90 Å². The topological polar surface area (TPSA) is 70.2 Å². The second kappa shape index (κ2) is 5.48. The van der Waals surface area contributed by atoms with E-state index in [0.29, 0.717) is 11.1 Å². The van der Waals surface area contributed by atoms with Gasteiger partial charge in [0.2, 0.25) is 0 Å². The maximum Gasteiger partial charge on any atom is 0.308 e. The molecule has 0 aliphatic carbocycles. The summed E-state index contributed by atoms with van der Waals surface area (Å²) in [7, 11) is 0. The highest BCUT2D eigenvalue weighted by molar-refractivity contribution is 5.97. The number of pyridine rings is 1. The van der Waals surface area contributed by atoms with Gasteiger partial charge in [0.1, 0.15) is 0 Å². The maximum atomic E-state index is 12.3. The third-order valence-electron chi connectivity index (χ3n) is 3.69. The fraction of sp³-hybridized carbons (Fsp3) is 0.111. The van der Waals surface area contributed by atoms with Gasteiger partial charge in [-0.15, -0.1) is 0 Å². The number of benzene rings is 2. The summed E-state index contributed by atoms with van der Waals surface area (Å²) in [6, 6.07) is 15.2. The Balaban J connectivity index is 2.39. The van der Waals surface area contributed by atoms with Crippen LogP contribution in [0, 0.1) is 6.92 Å². The molecule has 0 aliphatic heterocycles. The van der Waals surface area contributed by atoms with Crippen molar-refractivity contribution in [1.82, 2.24) is 4.98 Å². The number of aliphatic carboxylic acids is 1. The molecule has 0 saturated carbocycles. The summed E-state index contributed by atoms with van der Waals surface area (Å²) in [5.74, 6) is -1.02. The number of hydrogen-bond donors (Lipinski definition) is 2. The number of hydrogen-bond acceptors (Lipinski definition) is 2. The fourth-order valence-electron chi connectivity index (χ4n) is 2.65. The molecule has 0 aliphatic rings. The van der Waals surface area contributed by atoms with Crippen LogP contribution in [0.2, 0.25) is 0 Å². The molecule has 0 spiro atoms. The van der Waals surface area contributed by atoms with Crippen LogP contribution in [0.15, 0.2) is 53.3 Å². The van der Waals surface area contributed by atoms with E-state index < -0.39 is 5.97 Å². The van der Waals surface area contributed by atoms with Gasteiger partial charge in [0.15, 0.2) is 0 Å². The predicted octanol–water partition coefficient (Wildman–Crippen LogP) is 3.13. The van der Waals surface area contributed by atoms with Crippen molar-refractivity contribution in [3.63, 3.8) is 0 Å². The lowest BCUT2D eigenvalue weighted by molar-refractivity contribution is -0.136. The van der Waals surface area contributed by atoms with Gasteiger partial charge in [0.05, 0.1) is 6.42 Å². The smallest absolute Gasteiger partial charge is 0.308 e. The van der Waals surface area contributed by atoms with Gasteiger partial charge in [-0.1, -0.05) is 48.0 Å². The van der Waals surface area contributed by atoms with E-state index >= 15 is 0 Å². The van der Waals surface area contributed by atoms with Gasteiger partial charge in [-0.2, -0.15) is 0 Å². The van der Waals surface area contributed by atoms with E-state index in [1.165, 1.54) is 0 Å². The van der Waals surface area contributed by atoms with Gasteiger partial charge in [-0.05, 0) is 18.6 Å². The lowest BCUT2D eigenvalue weighted by Crippen LogP contribution is -2.18. The van der Waals surface area contributed by atoms with Gasteiger partial charge < -0.3 is 10.1 Å². The van der Waals surface area contributed by atoms with E-state index in [-0.39, 0.29) is 17.5 Å². The normalized spacial score (nSPS) is 10.8. The molecule has 4 heteroatoms. The zero-order valence-electron chi connectivity index (χ0n) is 12.1. The largest absolute Gasteiger partial charge is 0.481 e. The number of nitrogens with one attached hydrogen (secondary N) is 1. The van der Waals surface area contributed by atoms with Gasteiger partial charge in [-0.25, -0.2) is 0 Å². The van der Waals surface area contributed by atoms with Gasteiger partial charge in [0.25, 0.3) is 5.56 Å². The number of para-hydroxylation sites is 1. The summed E-state index contributed by atoms with van der Waals surface area (Å²) in [4.78, 5) is 26.2. The van der Waals surface area contributed by atoms with Crippen LogP contribution in [0.4, 0.5) is 0 Å². The fourth-order valence-corrected chi connectivity index (χ4v) is 2.65. The Morgan fingerprint density at radius 1 is 1.09 bits per heavy atom. The summed E-state index contributed by atoms with van der Waals surface area (Å²) in [5, 5.41) is 9.98. The number of carboxylic acids is 1. The number of rotatable bonds is 3. The first-order valence-corrected chi connectivity index (χ1v) is 6.99. The number of aromatic nitrogens is 1. The van der Waals surface area contributed by atoms with Crippen LogP contribution >= 0.6 is 0 Å². The van der Waals surface area contributed by atoms with Crippen LogP contribution in [0.1, 0.15) is 11.1 Å². The summed E-state index contributed by atoms with van der Waals surface area (Å²) >= 11 is 0. The third kappa shape index (κ3) is 2.51. The molecule has 22 heavy (non-hydrogen) atoms. The van der Waals surface area contributed by atoms with Crippen molar-refractivity contribution >= 4 is 16.9 Å². The van der Waals surface area contributed by atoms with Crippen molar-refractivity contribution in [1.29, 1.82) is 0 Å². The zero-order valence-corrected chi connectivity index (χ0v) is 12.1. The molecule has 0 atom stereocenters. The molecule has 110 valence electrons. The Bertz CT molecular complexity index is 908. The minimum Gasteiger partial charge on any atom is -0.481 e. The molecular weight excluding hydrogens is 278 g/mol. The quantitative estimate of drug-likeness (QED) is 0.779. The average Bonchev–Trinajstić information content (AvgIpc) is 2.49. The van der Waals surface area contributed by atoms with Crippen LogP contribution in [0.25, 0.3) is 22.0 Å². The standard InChI is InChI=1S/C18H15NO3/c1-11-6-8-12(9-7-11)17-13-4-2-3-5-15(13)19-18(22)14(17)10-16(20)21/h2-9H,10H2,1H3,(H,19,22)(H,20,21). The molecule has 0 radical (unpaired) electrons. The predicted molar refractivity (Wildman–Crippen MR) is 86.1 cm³/mol. The Kier molecular flexibility index (Phi) is 3.51. The number of aromatic amines is 1. The molecule has 1 aromatic heterocycles. The highest BCUT2D eigenvalue weighted by atomic mass is 16.4. The van der Waals surface area contributed by atoms with Crippen molar-refractivity contribution in [2.75, 3.05) is 0 Å². The van der Waals surface area contributed by atoms with Gasteiger partial charge in [-0.3, -0.25) is 9.59 Å². The Morgan fingerprint density at radius 3 is 2.45 bits per heavy atom. The molecular formula is C18H15NO3. The molecule has 0 fully saturated rings. The highest BCUT2D eigenvalue weighted by Gasteiger charge is 2.16. The number of carboxylic acid groups (broad SMARTS) is 1. The van der Waals surface area contributed by atoms with Crippen LogP contribution in [-0.2, 0) is 11.2 Å². The van der Waals surface area contributed by atoms with E-state index in [0.717, 1.165) is 16.5 Å².